The number of carbonyl (C=O) groups excluding carboxylic acids is 8. The van der Waals surface area contributed by atoms with E-state index in [2.05, 4.69) is 41.4 Å². The molecule has 0 spiro atoms. The molecular weight excluding hydrogens is 1490 g/mol. The van der Waals surface area contributed by atoms with Crippen molar-refractivity contribution in [3.8, 4) is 50.3 Å². The summed E-state index contributed by atoms with van der Waals surface area (Å²) in [7, 11) is 0. The van der Waals surface area contributed by atoms with Crippen LogP contribution in [0.2, 0.25) is 0 Å². The van der Waals surface area contributed by atoms with Crippen LogP contribution in [0.15, 0.2) is 266 Å². The average Bonchev–Trinajstić information content (AvgIpc) is 1.69. The molecule has 4 aliphatic rings. The first-order chi connectivity index (χ1) is 57.9. The van der Waals surface area contributed by atoms with Crippen LogP contribution < -0.4 is 24.3 Å². The van der Waals surface area contributed by atoms with Crippen LogP contribution in [-0.2, 0) is 70.5 Å². The summed E-state index contributed by atoms with van der Waals surface area (Å²) in [5.41, 5.74) is 23.5. The maximum atomic E-state index is 13.0. The number of fused-ring (bicyclic) bond motifs is 4. The second kappa shape index (κ2) is 40.2. The van der Waals surface area contributed by atoms with Gasteiger partial charge in [-0.3, -0.25) is 43.3 Å². The number of amides is 4. The van der Waals surface area contributed by atoms with Gasteiger partial charge in [-0.15, -0.1) is 0 Å². The minimum absolute atomic E-state index is 0.0774. The largest absolute Gasteiger partial charge is 0.494 e. The van der Waals surface area contributed by atoms with Crippen molar-refractivity contribution in [2.24, 2.45) is 0 Å². The van der Waals surface area contributed by atoms with Gasteiger partial charge in [0.1, 0.15) is 17.3 Å². The molecule has 12 aromatic rings. The van der Waals surface area contributed by atoms with Gasteiger partial charge in [-0.05, 0) is 227 Å². The Kier molecular flexibility index (Phi) is 28.3. The Morgan fingerprint density at radius 2 is 0.664 bits per heavy atom. The molecule has 0 atom stereocenters. The summed E-state index contributed by atoms with van der Waals surface area (Å²) in [6.07, 6.45) is 13.3. The SMILES string of the molecule is CCC(=O)N1CCc2cc(-c3ccc(C(=O)CCc4ccc(F)cc4)cc3)ccc21.CCC(=O)N1CCc2cc(-c3ccc(C(=O)CCc4ccccn4)cc3)ccc21.CCC(=O)N1CCc2cc(-c3ccc(C(=O)CCc4ccco4)cc3)ccc21.CCOc1ccc(CCC(=O)c2ccc(-c3ccc4c(c3)CCN4C(=O)CC)cc2)cc1. The number of hydrogen-bond donors (Lipinski definition) is 0. The standard InChI is InChI=1S/C28H29NO3.C26H24FNO2.C25H24N2O2.C24H23NO3/c1-3-28(31)29-18-17-24-19-23(12-15-26(24)29)21-8-10-22(11-9-21)27(30)16-7-20-5-13-25(14-6-20)32-4-2;1-2-26(30)28-16-15-22-17-21(10-13-24(22)28)19-6-8-20(9-7-19)25(29)14-5-18-3-11-23(27)12-4-18;1-2-25(29)27-16-14-21-17-20(10-12-23(21)27)18-6-8-19(9-7-18)24(28)13-11-22-5-3-4-15-26-22;1-2-24(27)25-14-13-20-16-19(9-11-22(20)25)17-5-7-18(8-6-17)23(26)12-10-21-4-3-15-28-21/h5-6,8-15,19H,3-4,7,16-18H2,1-2H3;3-4,6-13,17H,2,5,14-16H2,1H3;3-10,12,15,17H,2,11,13-14,16H2,1H3;3-9,11,15-16H,2,10,12-14H2,1H3. The van der Waals surface area contributed by atoms with E-state index in [1.54, 1.807) is 24.6 Å². The molecule has 6 heterocycles. The highest BCUT2D eigenvalue weighted by molar-refractivity contribution is 6.01. The zero-order valence-electron chi connectivity index (χ0n) is 68.4. The molecule has 119 heavy (non-hydrogen) atoms. The van der Waals surface area contributed by atoms with Crippen molar-refractivity contribution in [3.05, 3.63) is 334 Å². The summed E-state index contributed by atoms with van der Waals surface area (Å²) in [4.78, 5) is 110. The highest BCUT2D eigenvalue weighted by atomic mass is 19.1. The van der Waals surface area contributed by atoms with Gasteiger partial charge in [0.25, 0.3) is 0 Å². The third kappa shape index (κ3) is 21.2. The number of rotatable bonds is 26. The summed E-state index contributed by atoms with van der Waals surface area (Å²) < 4.78 is 23.7. The van der Waals surface area contributed by atoms with E-state index >= 15 is 0 Å². The molecule has 16 heteroatoms. The van der Waals surface area contributed by atoms with Crippen LogP contribution in [0.4, 0.5) is 27.1 Å². The van der Waals surface area contributed by atoms with Crippen molar-refractivity contribution in [1.82, 2.24) is 4.98 Å². The predicted octanol–water partition coefficient (Wildman–Crippen LogP) is 21.4. The average molecular weight is 1590 g/mol. The number of Topliss-reactive ketones (excluding diaryl/α,β-unsaturated/α-hetero) is 4. The van der Waals surface area contributed by atoms with Gasteiger partial charge in [-0.25, -0.2) is 4.39 Å². The van der Waals surface area contributed by atoms with Crippen molar-refractivity contribution >= 4 is 69.5 Å². The van der Waals surface area contributed by atoms with E-state index in [0.717, 1.165) is 164 Å². The molecule has 0 bridgehead atoms. The van der Waals surface area contributed by atoms with Crippen molar-refractivity contribution < 1.29 is 51.9 Å². The third-order valence-electron chi connectivity index (χ3n) is 22.4. The summed E-state index contributed by atoms with van der Waals surface area (Å²) in [5, 5.41) is 0. The van der Waals surface area contributed by atoms with Crippen molar-refractivity contribution in [2.45, 2.75) is 137 Å². The normalized spacial score (nSPS) is 12.7. The number of ether oxygens (including phenoxy) is 1. The fraction of sp³-hybridized carbons (Fsp3) is 0.252. The van der Waals surface area contributed by atoms with E-state index in [0.29, 0.717) is 89.2 Å². The number of aromatic nitrogens is 1. The molecule has 0 saturated heterocycles. The molecule has 0 saturated carbocycles. The van der Waals surface area contributed by atoms with Gasteiger partial charge < -0.3 is 28.8 Å². The first kappa shape index (κ1) is 83.9. The monoisotopic (exact) mass is 1590 g/mol. The summed E-state index contributed by atoms with van der Waals surface area (Å²) in [5.74, 6) is 2.56. The molecule has 604 valence electrons. The van der Waals surface area contributed by atoms with Crippen molar-refractivity contribution in [3.63, 3.8) is 0 Å². The second-order valence-electron chi connectivity index (χ2n) is 30.1. The van der Waals surface area contributed by atoms with Gasteiger partial charge in [-0.2, -0.15) is 0 Å². The van der Waals surface area contributed by atoms with Gasteiger partial charge in [0.2, 0.25) is 23.6 Å². The number of benzene rings is 10. The fourth-order valence-electron chi connectivity index (χ4n) is 15.7. The first-order valence-corrected chi connectivity index (χ1v) is 41.6. The summed E-state index contributed by atoms with van der Waals surface area (Å²) in [6.45, 7) is 13.2. The molecule has 0 fully saturated rings. The molecule has 0 radical (unpaired) electrons. The van der Waals surface area contributed by atoms with Crippen LogP contribution in [0.3, 0.4) is 0 Å². The Hall–Kier alpha value is -13.1. The highest BCUT2D eigenvalue weighted by Crippen LogP contribution is 2.38. The molecule has 0 unspecified atom stereocenters. The van der Waals surface area contributed by atoms with E-state index in [1.165, 1.54) is 34.4 Å². The van der Waals surface area contributed by atoms with E-state index in [1.807, 2.05) is 242 Å². The smallest absolute Gasteiger partial charge is 0.226 e. The number of ketones is 4. The number of halogens is 1. The molecule has 15 nitrogen and oxygen atoms in total. The van der Waals surface area contributed by atoms with Crippen molar-refractivity contribution in [2.75, 3.05) is 52.4 Å². The van der Waals surface area contributed by atoms with Crippen molar-refractivity contribution in [1.29, 1.82) is 0 Å². The fourth-order valence-corrected chi connectivity index (χ4v) is 15.7. The maximum absolute atomic E-state index is 13.0. The molecule has 4 amide bonds. The summed E-state index contributed by atoms with van der Waals surface area (Å²) >= 11 is 0. The lowest BCUT2D eigenvalue weighted by Crippen LogP contribution is -2.27. The lowest BCUT2D eigenvalue weighted by atomic mass is 9.98. The molecule has 0 N–H and O–H groups in total. The molecule has 2 aromatic heterocycles. The number of carbonyl (C=O) groups is 8. The molecular formula is C103H100FN5O10. The Morgan fingerprint density at radius 3 is 0.966 bits per heavy atom. The van der Waals surface area contributed by atoms with E-state index < -0.39 is 0 Å². The molecule has 0 aliphatic carbocycles. The van der Waals surface area contributed by atoms with Crippen LogP contribution in [0.1, 0.15) is 172 Å². The van der Waals surface area contributed by atoms with Crippen LogP contribution in [0.5, 0.6) is 5.75 Å². The number of nitrogens with zero attached hydrogens (tertiary/aromatic N) is 5. The number of aryl methyl sites for hydroxylation is 4. The topological polar surface area (TPSA) is 185 Å². The Labute approximate surface area is 696 Å². The maximum Gasteiger partial charge on any atom is 0.226 e. The number of furan rings is 1. The number of pyridine rings is 1. The van der Waals surface area contributed by atoms with E-state index in [4.69, 9.17) is 9.15 Å². The Bertz CT molecular complexity index is 5570. The first-order valence-electron chi connectivity index (χ1n) is 41.6. The van der Waals surface area contributed by atoms with Gasteiger partial charge in [0, 0.05) is 141 Å². The Morgan fingerprint density at radius 1 is 0.345 bits per heavy atom. The van der Waals surface area contributed by atoms with Crippen LogP contribution in [0.25, 0.3) is 44.5 Å². The van der Waals surface area contributed by atoms with E-state index in [-0.39, 0.29) is 52.6 Å². The predicted molar refractivity (Wildman–Crippen MR) is 470 cm³/mol. The van der Waals surface area contributed by atoms with Crippen LogP contribution in [0, 0.1) is 5.82 Å². The molecule has 10 aromatic carbocycles. The van der Waals surface area contributed by atoms with Gasteiger partial charge in [-0.1, -0.05) is 179 Å². The zero-order valence-corrected chi connectivity index (χ0v) is 68.4. The van der Waals surface area contributed by atoms with Crippen LogP contribution >= 0.6 is 0 Å². The lowest BCUT2D eigenvalue weighted by molar-refractivity contribution is -0.119. The van der Waals surface area contributed by atoms with Crippen LogP contribution in [-0.4, -0.2) is 84.5 Å². The lowest BCUT2D eigenvalue weighted by Gasteiger charge is -2.16. The number of anilines is 4. The highest BCUT2D eigenvalue weighted by Gasteiger charge is 2.28. The molecule has 16 rings (SSSR count). The van der Waals surface area contributed by atoms with Gasteiger partial charge in [0.15, 0.2) is 23.1 Å². The third-order valence-corrected chi connectivity index (χ3v) is 22.4. The minimum Gasteiger partial charge on any atom is -0.494 e. The minimum atomic E-state index is -0.267. The van der Waals surface area contributed by atoms with E-state index in [9.17, 15) is 42.7 Å². The van der Waals surface area contributed by atoms with Gasteiger partial charge in [0.05, 0.1) is 12.9 Å². The zero-order chi connectivity index (χ0) is 83.3. The van der Waals surface area contributed by atoms with Gasteiger partial charge >= 0.3 is 0 Å². The number of hydrogen-bond acceptors (Lipinski definition) is 11. The summed E-state index contributed by atoms with van der Waals surface area (Å²) in [6, 6.07) is 79.7. The Balaban J connectivity index is 0.000000137. The molecule has 4 aliphatic heterocycles. The quantitative estimate of drug-likeness (QED) is 0.0470. The second-order valence-corrected chi connectivity index (χ2v) is 30.1.